The molecule has 5 heteroatoms. The Labute approximate surface area is 122 Å². The average Bonchev–Trinajstić information content (AvgIpc) is 2.55. The molecule has 0 spiro atoms. The number of hydrogen-bond donors (Lipinski definition) is 0. The van der Waals surface area contributed by atoms with E-state index in [4.69, 9.17) is 9.47 Å². The SMILES string of the molecule is COc1ccc(C(=O)C(C#N)c2ccncc2)cc1OC. The smallest absolute Gasteiger partial charge is 0.184 e. The second-order valence-corrected chi connectivity index (χ2v) is 4.28. The van der Waals surface area contributed by atoms with Crippen LogP contribution in [-0.4, -0.2) is 25.0 Å². The van der Waals surface area contributed by atoms with Crippen molar-refractivity contribution in [1.29, 1.82) is 5.26 Å². The van der Waals surface area contributed by atoms with Gasteiger partial charge in [0.05, 0.1) is 20.3 Å². The molecule has 0 bridgehead atoms. The highest BCUT2D eigenvalue weighted by molar-refractivity contribution is 6.03. The van der Waals surface area contributed by atoms with Gasteiger partial charge in [0, 0.05) is 18.0 Å². The van der Waals surface area contributed by atoms with E-state index in [1.807, 2.05) is 6.07 Å². The van der Waals surface area contributed by atoms with Crippen LogP contribution in [0.5, 0.6) is 11.5 Å². The lowest BCUT2D eigenvalue weighted by molar-refractivity contribution is 0.0978. The summed E-state index contributed by atoms with van der Waals surface area (Å²) in [7, 11) is 3.02. The number of pyridine rings is 1. The van der Waals surface area contributed by atoms with Gasteiger partial charge in [-0.1, -0.05) is 0 Å². The molecule has 106 valence electrons. The number of benzene rings is 1. The van der Waals surface area contributed by atoms with E-state index in [1.54, 1.807) is 42.7 Å². The van der Waals surface area contributed by atoms with E-state index in [1.165, 1.54) is 14.2 Å². The van der Waals surface area contributed by atoms with E-state index in [2.05, 4.69) is 4.98 Å². The quantitative estimate of drug-likeness (QED) is 0.788. The van der Waals surface area contributed by atoms with Crippen LogP contribution in [0, 0.1) is 11.3 Å². The maximum absolute atomic E-state index is 12.5. The van der Waals surface area contributed by atoms with Crippen molar-refractivity contribution >= 4 is 5.78 Å². The topological polar surface area (TPSA) is 72.2 Å². The Morgan fingerprint density at radius 1 is 1.14 bits per heavy atom. The third-order valence-corrected chi connectivity index (χ3v) is 3.10. The van der Waals surface area contributed by atoms with E-state index in [0.717, 1.165) is 0 Å². The van der Waals surface area contributed by atoms with Crippen molar-refractivity contribution in [1.82, 2.24) is 4.98 Å². The number of aromatic nitrogens is 1. The van der Waals surface area contributed by atoms with Crippen molar-refractivity contribution in [2.45, 2.75) is 5.92 Å². The van der Waals surface area contributed by atoms with Gasteiger partial charge in [0.25, 0.3) is 0 Å². The normalized spacial score (nSPS) is 11.3. The van der Waals surface area contributed by atoms with Crippen LogP contribution in [0.4, 0.5) is 0 Å². The van der Waals surface area contributed by atoms with Crippen LogP contribution in [0.2, 0.25) is 0 Å². The Morgan fingerprint density at radius 2 is 1.81 bits per heavy atom. The highest BCUT2D eigenvalue weighted by atomic mass is 16.5. The molecule has 1 aromatic carbocycles. The van der Waals surface area contributed by atoms with Gasteiger partial charge in [0.15, 0.2) is 17.3 Å². The molecule has 2 rings (SSSR count). The average molecular weight is 282 g/mol. The molecule has 0 aliphatic heterocycles. The zero-order valence-electron chi connectivity index (χ0n) is 11.7. The molecule has 1 unspecified atom stereocenters. The molecular weight excluding hydrogens is 268 g/mol. The number of carbonyl (C=O) groups excluding carboxylic acids is 1. The first kappa shape index (κ1) is 14.5. The van der Waals surface area contributed by atoms with Gasteiger partial charge in [0.1, 0.15) is 5.92 Å². The van der Waals surface area contributed by atoms with E-state index in [0.29, 0.717) is 22.6 Å². The van der Waals surface area contributed by atoms with Crippen molar-refractivity contribution in [2.24, 2.45) is 0 Å². The van der Waals surface area contributed by atoms with Crippen LogP contribution in [0.15, 0.2) is 42.7 Å². The zero-order chi connectivity index (χ0) is 15.2. The Bertz CT molecular complexity index is 678. The van der Waals surface area contributed by atoms with E-state index < -0.39 is 5.92 Å². The van der Waals surface area contributed by atoms with Crippen molar-refractivity contribution < 1.29 is 14.3 Å². The second-order valence-electron chi connectivity index (χ2n) is 4.28. The van der Waals surface area contributed by atoms with Gasteiger partial charge in [-0.25, -0.2) is 0 Å². The molecule has 0 aliphatic carbocycles. The van der Waals surface area contributed by atoms with Crippen molar-refractivity contribution in [3.8, 4) is 17.6 Å². The van der Waals surface area contributed by atoms with Crippen LogP contribution in [0.1, 0.15) is 21.8 Å². The van der Waals surface area contributed by atoms with Crippen LogP contribution in [0.3, 0.4) is 0 Å². The molecule has 1 atom stereocenters. The molecule has 1 heterocycles. The molecule has 0 amide bonds. The summed E-state index contributed by atoms with van der Waals surface area (Å²) >= 11 is 0. The lowest BCUT2D eigenvalue weighted by Gasteiger charge is -2.11. The van der Waals surface area contributed by atoms with Gasteiger partial charge in [0.2, 0.25) is 0 Å². The van der Waals surface area contributed by atoms with Gasteiger partial charge in [-0.3, -0.25) is 9.78 Å². The first-order valence-corrected chi connectivity index (χ1v) is 6.27. The summed E-state index contributed by atoms with van der Waals surface area (Å²) in [6, 6.07) is 10.2. The number of methoxy groups -OCH3 is 2. The standard InChI is InChI=1S/C16H14N2O3/c1-20-14-4-3-12(9-15(14)21-2)16(19)13(10-17)11-5-7-18-8-6-11/h3-9,13H,1-2H3. The number of hydrogen-bond acceptors (Lipinski definition) is 5. The van der Waals surface area contributed by atoms with Crippen LogP contribution in [0.25, 0.3) is 0 Å². The number of ether oxygens (including phenoxy) is 2. The highest BCUT2D eigenvalue weighted by Crippen LogP contribution is 2.29. The molecule has 5 nitrogen and oxygen atoms in total. The van der Waals surface area contributed by atoms with Gasteiger partial charge in [-0.15, -0.1) is 0 Å². The highest BCUT2D eigenvalue weighted by Gasteiger charge is 2.22. The third kappa shape index (κ3) is 3.00. The maximum Gasteiger partial charge on any atom is 0.184 e. The van der Waals surface area contributed by atoms with Gasteiger partial charge in [-0.05, 0) is 35.9 Å². The summed E-state index contributed by atoms with van der Waals surface area (Å²) in [6.45, 7) is 0. The second kappa shape index (κ2) is 6.53. The predicted octanol–water partition coefficient (Wildman–Crippen LogP) is 2.59. The minimum Gasteiger partial charge on any atom is -0.493 e. The Kier molecular flexibility index (Phi) is 4.52. The molecule has 0 radical (unpaired) electrons. The Hall–Kier alpha value is -2.87. The lowest BCUT2D eigenvalue weighted by atomic mass is 9.92. The van der Waals surface area contributed by atoms with E-state index in [9.17, 15) is 10.1 Å². The Morgan fingerprint density at radius 3 is 2.38 bits per heavy atom. The first-order chi connectivity index (χ1) is 10.2. The number of ketones is 1. The summed E-state index contributed by atoms with van der Waals surface area (Å²) in [5.74, 6) is -0.169. The van der Waals surface area contributed by atoms with E-state index in [-0.39, 0.29) is 5.78 Å². The minimum atomic E-state index is -0.869. The molecule has 2 aromatic rings. The monoisotopic (exact) mass is 282 g/mol. The summed E-state index contributed by atoms with van der Waals surface area (Å²) in [5, 5.41) is 9.29. The molecule has 0 saturated heterocycles. The summed E-state index contributed by atoms with van der Waals surface area (Å²) < 4.78 is 10.3. The zero-order valence-corrected chi connectivity index (χ0v) is 11.7. The minimum absolute atomic E-state index is 0.287. The van der Waals surface area contributed by atoms with E-state index >= 15 is 0 Å². The fourth-order valence-corrected chi connectivity index (χ4v) is 2.00. The summed E-state index contributed by atoms with van der Waals surface area (Å²) in [4.78, 5) is 16.4. The van der Waals surface area contributed by atoms with Gasteiger partial charge >= 0.3 is 0 Å². The number of nitrogens with zero attached hydrogens (tertiary/aromatic N) is 2. The number of carbonyl (C=O) groups is 1. The first-order valence-electron chi connectivity index (χ1n) is 6.27. The fourth-order valence-electron chi connectivity index (χ4n) is 2.00. The molecule has 1 aromatic heterocycles. The molecule has 0 aliphatic rings. The Balaban J connectivity index is 2.37. The van der Waals surface area contributed by atoms with Gasteiger partial charge < -0.3 is 9.47 Å². The molecule has 0 N–H and O–H groups in total. The largest absolute Gasteiger partial charge is 0.493 e. The van der Waals surface area contributed by atoms with Crippen molar-refractivity contribution in [3.05, 3.63) is 53.9 Å². The van der Waals surface area contributed by atoms with Gasteiger partial charge in [-0.2, -0.15) is 5.26 Å². The summed E-state index contributed by atoms with van der Waals surface area (Å²) in [5.41, 5.74) is 1.02. The lowest BCUT2D eigenvalue weighted by Crippen LogP contribution is -2.11. The molecule has 0 fully saturated rings. The number of nitriles is 1. The molecule has 0 saturated carbocycles. The fraction of sp³-hybridized carbons (Fsp3) is 0.188. The van der Waals surface area contributed by atoms with Crippen LogP contribution >= 0.6 is 0 Å². The predicted molar refractivity (Wildman–Crippen MR) is 76.5 cm³/mol. The third-order valence-electron chi connectivity index (χ3n) is 3.10. The molecule has 21 heavy (non-hydrogen) atoms. The van der Waals surface area contributed by atoms with Crippen molar-refractivity contribution in [3.63, 3.8) is 0 Å². The van der Waals surface area contributed by atoms with Crippen molar-refractivity contribution in [2.75, 3.05) is 14.2 Å². The maximum atomic E-state index is 12.5. The molecular formula is C16H14N2O3. The number of Topliss-reactive ketones (excluding diaryl/α,β-unsaturated/α-hetero) is 1. The number of rotatable bonds is 5. The summed E-state index contributed by atoms with van der Waals surface area (Å²) in [6.07, 6.45) is 3.11. The van der Waals surface area contributed by atoms with Crippen LogP contribution < -0.4 is 9.47 Å². The van der Waals surface area contributed by atoms with Crippen LogP contribution in [-0.2, 0) is 0 Å².